The van der Waals surface area contributed by atoms with Crippen molar-refractivity contribution in [3.8, 4) is 0 Å². The molecule has 0 saturated heterocycles. The zero-order chi connectivity index (χ0) is 30.9. The fourth-order valence-electron chi connectivity index (χ4n) is 3.16. The Morgan fingerprint density at radius 1 is 0.372 bits per heavy atom. The number of alkyl halides is 1. The Morgan fingerprint density at radius 3 is 0.814 bits per heavy atom. The molecule has 43 heavy (non-hydrogen) atoms. The van der Waals surface area contributed by atoms with E-state index in [9.17, 15) is 9.59 Å². The number of halogens is 1. The maximum Gasteiger partial charge on any atom is 0.253 e. The maximum atomic E-state index is 11.4. The molecule has 0 saturated carbocycles. The summed E-state index contributed by atoms with van der Waals surface area (Å²) in [6.45, 7) is 11.1. The molecule has 0 fully saturated rings. The van der Waals surface area contributed by atoms with Crippen LogP contribution >= 0.6 is 15.9 Å². The van der Waals surface area contributed by atoms with Crippen molar-refractivity contribution in [3.63, 3.8) is 0 Å². The first-order valence-electron chi connectivity index (χ1n) is 14.7. The second-order valence-electron chi connectivity index (χ2n) is 8.59. The van der Waals surface area contributed by atoms with Crippen molar-refractivity contribution in [2.45, 2.75) is 0 Å². The van der Waals surface area contributed by atoms with Gasteiger partial charge in [-0.15, -0.1) is 0 Å². The summed E-state index contributed by atoms with van der Waals surface area (Å²) in [5, 5.41) is 0.832. The molecule has 0 unspecified atom stereocenters. The van der Waals surface area contributed by atoms with Crippen LogP contribution in [0.25, 0.3) is 0 Å². The maximum absolute atomic E-state index is 11.4. The van der Waals surface area contributed by atoms with Gasteiger partial charge in [0, 0.05) is 17.5 Å². The highest BCUT2D eigenvalue weighted by Gasteiger charge is 2.22. The zero-order valence-corrected chi connectivity index (χ0v) is 26.8. The van der Waals surface area contributed by atoms with Crippen molar-refractivity contribution < 1.29 is 61.7 Å². The van der Waals surface area contributed by atoms with Crippen molar-refractivity contribution in [3.05, 3.63) is 12.2 Å². The summed E-state index contributed by atoms with van der Waals surface area (Å²) in [5.41, 5.74) is 0. The molecule has 252 valence electrons. The number of hydrogen-bond donors (Lipinski definition) is 0. The predicted octanol–water partition coefficient (Wildman–Crippen LogP) is 0.489. The van der Waals surface area contributed by atoms with Crippen LogP contribution in [0, 0.1) is 0 Å². The van der Waals surface area contributed by atoms with Crippen LogP contribution in [-0.4, -0.2) is 174 Å². The minimum Gasteiger partial charge on any atom is -0.378 e. The van der Waals surface area contributed by atoms with Gasteiger partial charge in [-0.05, 0) is 0 Å². The van der Waals surface area contributed by atoms with E-state index < -0.39 is 0 Å². The van der Waals surface area contributed by atoms with Gasteiger partial charge in [-0.3, -0.25) is 14.5 Å². The zero-order valence-electron chi connectivity index (χ0n) is 25.3. The Hall–Kier alpha value is -1.08. The van der Waals surface area contributed by atoms with Gasteiger partial charge in [0.25, 0.3) is 11.8 Å². The lowest BCUT2D eigenvalue weighted by Crippen LogP contribution is -2.33. The average molecular weight is 689 g/mol. The van der Waals surface area contributed by atoms with Crippen molar-refractivity contribution in [2.75, 3.05) is 157 Å². The summed E-state index contributed by atoms with van der Waals surface area (Å²) >= 11 is 3.29. The molecular weight excluding hydrogens is 638 g/mol. The summed E-state index contributed by atoms with van der Waals surface area (Å²) in [6, 6.07) is 0. The largest absolute Gasteiger partial charge is 0.378 e. The van der Waals surface area contributed by atoms with E-state index in [1.54, 1.807) is 0 Å². The molecule has 0 aliphatic carbocycles. The third-order valence-electron chi connectivity index (χ3n) is 5.30. The number of ether oxygens (including phenoxy) is 11. The SMILES string of the molecule is O=C1C=CC(=O)N1CCOCCOCCOCCOCCOCCOCCOCCOCCOCCOCCOCCBr. The van der Waals surface area contributed by atoms with Gasteiger partial charge in [0.05, 0.1) is 152 Å². The van der Waals surface area contributed by atoms with Gasteiger partial charge in [0.1, 0.15) is 0 Å². The molecule has 14 nitrogen and oxygen atoms in total. The molecule has 0 aromatic rings. The Kier molecular flexibility index (Phi) is 30.0. The molecule has 15 heteroatoms. The van der Waals surface area contributed by atoms with Crippen LogP contribution in [0.15, 0.2) is 12.2 Å². The first-order chi connectivity index (χ1) is 21.3. The molecule has 1 heterocycles. The molecule has 0 bridgehead atoms. The Morgan fingerprint density at radius 2 is 0.581 bits per heavy atom. The van der Waals surface area contributed by atoms with Crippen molar-refractivity contribution in [1.82, 2.24) is 4.90 Å². The summed E-state index contributed by atoms with van der Waals surface area (Å²) in [4.78, 5) is 23.9. The summed E-state index contributed by atoms with van der Waals surface area (Å²) < 4.78 is 59.5. The highest BCUT2D eigenvalue weighted by molar-refractivity contribution is 9.09. The Labute approximate surface area is 263 Å². The van der Waals surface area contributed by atoms with E-state index in [2.05, 4.69) is 15.9 Å². The van der Waals surface area contributed by atoms with E-state index in [0.717, 1.165) is 10.2 Å². The second-order valence-corrected chi connectivity index (χ2v) is 9.38. The molecular formula is C28H50BrNO13. The van der Waals surface area contributed by atoms with Crippen LogP contribution in [0.1, 0.15) is 0 Å². The van der Waals surface area contributed by atoms with Crippen molar-refractivity contribution in [1.29, 1.82) is 0 Å². The third kappa shape index (κ3) is 27.0. The molecule has 1 aliphatic heterocycles. The standard InChI is InChI=1S/C28H50BrNO13/c29-3-5-33-7-9-35-11-13-37-15-17-39-19-21-41-23-25-43-26-24-42-22-20-40-18-16-38-14-12-36-10-8-34-6-4-30-27(31)1-2-28(30)32/h1-2H,3-26H2. The van der Waals surface area contributed by atoms with Gasteiger partial charge in [-0.25, -0.2) is 0 Å². The molecule has 0 aromatic heterocycles. The summed E-state index contributed by atoms with van der Waals surface area (Å²) in [7, 11) is 0. The number of hydrogen-bond acceptors (Lipinski definition) is 13. The Balaban J connectivity index is 1.62. The first-order valence-corrected chi connectivity index (χ1v) is 15.8. The lowest BCUT2D eigenvalue weighted by molar-refractivity contribution is -0.137. The molecule has 0 atom stereocenters. The van der Waals surface area contributed by atoms with E-state index in [0.29, 0.717) is 139 Å². The summed E-state index contributed by atoms with van der Waals surface area (Å²) in [6.07, 6.45) is 2.51. The van der Waals surface area contributed by atoms with Gasteiger partial charge in [0.15, 0.2) is 0 Å². The number of nitrogens with zero attached hydrogens (tertiary/aromatic N) is 1. The topological polar surface area (TPSA) is 139 Å². The third-order valence-corrected chi connectivity index (χ3v) is 5.63. The minimum atomic E-state index is -0.306. The molecule has 0 aromatic carbocycles. The highest BCUT2D eigenvalue weighted by Crippen LogP contribution is 2.02. The number of carbonyl (C=O) groups is 2. The molecule has 0 N–H and O–H groups in total. The quantitative estimate of drug-likeness (QED) is 0.0519. The lowest BCUT2D eigenvalue weighted by atomic mass is 10.5. The Bertz CT molecular complexity index is 657. The predicted molar refractivity (Wildman–Crippen MR) is 159 cm³/mol. The van der Waals surface area contributed by atoms with E-state index in [1.165, 1.54) is 12.2 Å². The molecule has 0 spiro atoms. The highest BCUT2D eigenvalue weighted by atomic mass is 79.9. The van der Waals surface area contributed by atoms with E-state index in [4.69, 9.17) is 52.1 Å². The van der Waals surface area contributed by atoms with E-state index >= 15 is 0 Å². The van der Waals surface area contributed by atoms with Crippen LogP contribution in [0.5, 0.6) is 0 Å². The summed E-state index contributed by atoms with van der Waals surface area (Å²) in [5.74, 6) is -0.611. The number of amides is 2. The number of rotatable bonds is 35. The van der Waals surface area contributed by atoms with Gasteiger partial charge < -0.3 is 52.1 Å². The first kappa shape index (κ1) is 39.9. The molecule has 1 aliphatic rings. The van der Waals surface area contributed by atoms with Crippen LogP contribution in [0.3, 0.4) is 0 Å². The minimum absolute atomic E-state index is 0.241. The smallest absolute Gasteiger partial charge is 0.253 e. The van der Waals surface area contributed by atoms with Gasteiger partial charge in [-0.1, -0.05) is 15.9 Å². The normalized spacial score (nSPS) is 13.2. The lowest BCUT2D eigenvalue weighted by Gasteiger charge is -2.13. The fourth-order valence-corrected chi connectivity index (χ4v) is 3.39. The van der Waals surface area contributed by atoms with Crippen LogP contribution in [0.2, 0.25) is 0 Å². The van der Waals surface area contributed by atoms with Gasteiger partial charge >= 0.3 is 0 Å². The fraction of sp³-hybridized carbons (Fsp3) is 0.857. The van der Waals surface area contributed by atoms with Crippen LogP contribution < -0.4 is 0 Å². The molecule has 2 amide bonds. The molecule has 1 rings (SSSR count). The second kappa shape index (κ2) is 32.3. The van der Waals surface area contributed by atoms with Crippen molar-refractivity contribution >= 4 is 27.7 Å². The van der Waals surface area contributed by atoms with E-state index in [-0.39, 0.29) is 25.0 Å². The van der Waals surface area contributed by atoms with Gasteiger partial charge in [-0.2, -0.15) is 0 Å². The number of imide groups is 1. The number of carbonyl (C=O) groups excluding carboxylic acids is 2. The van der Waals surface area contributed by atoms with Crippen molar-refractivity contribution in [2.24, 2.45) is 0 Å². The van der Waals surface area contributed by atoms with E-state index in [1.807, 2.05) is 0 Å². The van der Waals surface area contributed by atoms with Gasteiger partial charge in [0.2, 0.25) is 0 Å². The monoisotopic (exact) mass is 687 g/mol. The van der Waals surface area contributed by atoms with Crippen LogP contribution in [-0.2, 0) is 61.7 Å². The molecule has 0 radical (unpaired) electrons. The average Bonchev–Trinajstić information content (AvgIpc) is 3.33. The van der Waals surface area contributed by atoms with Crippen LogP contribution in [0.4, 0.5) is 0 Å².